The summed E-state index contributed by atoms with van der Waals surface area (Å²) in [5, 5.41) is 0. The first-order chi connectivity index (χ1) is 8.81. The van der Waals surface area contributed by atoms with Crippen molar-refractivity contribution >= 4 is 11.6 Å². The Balaban J connectivity index is 2.98. The van der Waals surface area contributed by atoms with Crippen molar-refractivity contribution in [3.05, 3.63) is 0 Å². The number of rotatable bonds is 14. The Labute approximate surface area is 116 Å². The van der Waals surface area contributed by atoms with Gasteiger partial charge in [-0.15, -0.1) is 11.6 Å². The van der Waals surface area contributed by atoms with Gasteiger partial charge in [-0.1, -0.05) is 6.92 Å². The van der Waals surface area contributed by atoms with Crippen LogP contribution in [-0.4, -0.2) is 59.2 Å². The SMILES string of the molecule is COCCOCCOCCOCCC(C)CCCl. The average molecular weight is 283 g/mol. The van der Waals surface area contributed by atoms with Gasteiger partial charge in [0.25, 0.3) is 0 Å². The fourth-order valence-corrected chi connectivity index (χ4v) is 1.67. The van der Waals surface area contributed by atoms with E-state index in [1.54, 1.807) is 7.11 Å². The summed E-state index contributed by atoms with van der Waals surface area (Å²) in [5.41, 5.74) is 0. The van der Waals surface area contributed by atoms with Crippen LogP contribution in [0, 0.1) is 5.92 Å². The molecule has 110 valence electrons. The van der Waals surface area contributed by atoms with Gasteiger partial charge in [0.1, 0.15) is 0 Å². The maximum absolute atomic E-state index is 5.66. The number of ether oxygens (including phenoxy) is 4. The fourth-order valence-electron chi connectivity index (χ4n) is 1.30. The van der Waals surface area contributed by atoms with Crippen LogP contribution in [0.2, 0.25) is 0 Å². The molecule has 0 aliphatic heterocycles. The zero-order valence-corrected chi connectivity index (χ0v) is 12.4. The van der Waals surface area contributed by atoms with Gasteiger partial charge in [0, 0.05) is 19.6 Å². The lowest BCUT2D eigenvalue weighted by Crippen LogP contribution is -2.12. The highest BCUT2D eigenvalue weighted by molar-refractivity contribution is 6.17. The van der Waals surface area contributed by atoms with E-state index >= 15 is 0 Å². The summed E-state index contributed by atoms with van der Waals surface area (Å²) < 4.78 is 20.9. The molecule has 0 saturated carbocycles. The summed E-state index contributed by atoms with van der Waals surface area (Å²) in [7, 11) is 1.66. The average Bonchev–Trinajstić information content (AvgIpc) is 2.36. The van der Waals surface area contributed by atoms with E-state index in [0.717, 1.165) is 25.3 Å². The molecule has 0 aromatic heterocycles. The van der Waals surface area contributed by atoms with Gasteiger partial charge in [0.05, 0.1) is 39.6 Å². The second-order valence-electron chi connectivity index (χ2n) is 4.20. The molecule has 0 fully saturated rings. The standard InChI is InChI=1S/C13H27ClO4/c1-13(3-5-14)4-6-16-9-10-18-12-11-17-8-7-15-2/h13H,3-12H2,1-2H3. The normalized spacial score (nSPS) is 12.8. The summed E-state index contributed by atoms with van der Waals surface area (Å²) in [5.74, 6) is 1.37. The molecule has 0 saturated heterocycles. The number of hydrogen-bond acceptors (Lipinski definition) is 4. The summed E-state index contributed by atoms with van der Waals surface area (Å²) in [4.78, 5) is 0. The topological polar surface area (TPSA) is 36.9 Å². The van der Waals surface area contributed by atoms with Crippen LogP contribution in [-0.2, 0) is 18.9 Å². The maximum Gasteiger partial charge on any atom is 0.0701 e. The Morgan fingerprint density at radius 2 is 1.28 bits per heavy atom. The lowest BCUT2D eigenvalue weighted by Gasteiger charge is -2.10. The van der Waals surface area contributed by atoms with Crippen molar-refractivity contribution in [3.63, 3.8) is 0 Å². The van der Waals surface area contributed by atoms with E-state index in [-0.39, 0.29) is 0 Å². The van der Waals surface area contributed by atoms with Crippen molar-refractivity contribution in [2.45, 2.75) is 19.8 Å². The summed E-state index contributed by atoms with van der Waals surface area (Å²) >= 11 is 5.66. The van der Waals surface area contributed by atoms with E-state index in [1.165, 1.54) is 0 Å². The minimum absolute atomic E-state index is 0.607. The highest BCUT2D eigenvalue weighted by Crippen LogP contribution is 2.07. The summed E-state index contributed by atoms with van der Waals surface area (Å²) in [6, 6.07) is 0. The molecule has 1 atom stereocenters. The van der Waals surface area contributed by atoms with Gasteiger partial charge >= 0.3 is 0 Å². The highest BCUT2D eigenvalue weighted by Gasteiger charge is 2.00. The first-order valence-electron chi connectivity index (χ1n) is 6.59. The molecule has 0 amide bonds. The Morgan fingerprint density at radius 1 is 0.778 bits per heavy atom. The lowest BCUT2D eigenvalue weighted by molar-refractivity contribution is 0.00230. The summed E-state index contributed by atoms with van der Waals surface area (Å²) in [6.45, 7) is 6.71. The third-order valence-corrected chi connectivity index (χ3v) is 2.75. The quantitative estimate of drug-likeness (QED) is 0.362. The number of halogens is 1. The highest BCUT2D eigenvalue weighted by atomic mass is 35.5. The van der Waals surface area contributed by atoms with Crippen LogP contribution < -0.4 is 0 Å². The Morgan fingerprint density at radius 3 is 1.78 bits per heavy atom. The van der Waals surface area contributed by atoms with Crippen molar-refractivity contribution in [2.24, 2.45) is 5.92 Å². The molecule has 0 N–H and O–H groups in total. The number of hydrogen-bond donors (Lipinski definition) is 0. The number of alkyl halides is 1. The molecule has 0 aromatic carbocycles. The second-order valence-corrected chi connectivity index (χ2v) is 4.58. The minimum atomic E-state index is 0.607. The molecule has 5 heteroatoms. The first-order valence-corrected chi connectivity index (χ1v) is 7.12. The third-order valence-electron chi connectivity index (χ3n) is 2.53. The molecule has 18 heavy (non-hydrogen) atoms. The van der Waals surface area contributed by atoms with Crippen molar-refractivity contribution < 1.29 is 18.9 Å². The van der Waals surface area contributed by atoms with Crippen LogP contribution in [0.1, 0.15) is 19.8 Å². The molecule has 0 spiro atoms. The maximum atomic E-state index is 5.66. The molecule has 1 unspecified atom stereocenters. The van der Waals surface area contributed by atoms with E-state index < -0.39 is 0 Å². The van der Waals surface area contributed by atoms with Gasteiger partial charge in [-0.05, 0) is 18.8 Å². The molecular weight excluding hydrogens is 256 g/mol. The third kappa shape index (κ3) is 14.2. The van der Waals surface area contributed by atoms with Crippen molar-refractivity contribution in [3.8, 4) is 0 Å². The molecule has 4 nitrogen and oxygen atoms in total. The zero-order valence-electron chi connectivity index (χ0n) is 11.7. The molecule has 0 aromatic rings. The zero-order chi connectivity index (χ0) is 13.5. The van der Waals surface area contributed by atoms with Gasteiger partial charge in [-0.25, -0.2) is 0 Å². The summed E-state index contributed by atoms with van der Waals surface area (Å²) in [6.07, 6.45) is 2.12. The Kier molecular flexibility index (Phi) is 15.3. The predicted molar refractivity (Wildman–Crippen MR) is 73.5 cm³/mol. The van der Waals surface area contributed by atoms with Crippen molar-refractivity contribution in [2.75, 3.05) is 59.2 Å². The van der Waals surface area contributed by atoms with E-state index in [9.17, 15) is 0 Å². The van der Waals surface area contributed by atoms with Crippen LogP contribution in [0.15, 0.2) is 0 Å². The minimum Gasteiger partial charge on any atom is -0.382 e. The van der Waals surface area contributed by atoms with E-state index in [4.69, 9.17) is 30.5 Å². The van der Waals surface area contributed by atoms with Crippen molar-refractivity contribution in [1.82, 2.24) is 0 Å². The van der Waals surface area contributed by atoms with Crippen LogP contribution >= 0.6 is 11.6 Å². The van der Waals surface area contributed by atoms with Gasteiger partial charge in [0.2, 0.25) is 0 Å². The van der Waals surface area contributed by atoms with E-state index in [1.807, 2.05) is 0 Å². The van der Waals surface area contributed by atoms with E-state index in [0.29, 0.717) is 45.6 Å². The van der Waals surface area contributed by atoms with E-state index in [2.05, 4.69) is 6.92 Å². The lowest BCUT2D eigenvalue weighted by atomic mass is 10.1. The molecule has 0 aliphatic rings. The van der Waals surface area contributed by atoms with Crippen LogP contribution in [0.3, 0.4) is 0 Å². The van der Waals surface area contributed by atoms with Gasteiger partial charge in [0.15, 0.2) is 0 Å². The van der Waals surface area contributed by atoms with Gasteiger partial charge < -0.3 is 18.9 Å². The Bertz CT molecular complexity index is 158. The van der Waals surface area contributed by atoms with Crippen LogP contribution in [0.25, 0.3) is 0 Å². The van der Waals surface area contributed by atoms with Crippen LogP contribution in [0.4, 0.5) is 0 Å². The predicted octanol–water partition coefficient (Wildman–Crippen LogP) is 2.34. The smallest absolute Gasteiger partial charge is 0.0701 e. The number of methoxy groups -OCH3 is 1. The van der Waals surface area contributed by atoms with Gasteiger partial charge in [-0.3, -0.25) is 0 Å². The second kappa shape index (κ2) is 15.2. The largest absolute Gasteiger partial charge is 0.382 e. The molecule has 0 radical (unpaired) electrons. The van der Waals surface area contributed by atoms with Crippen molar-refractivity contribution in [1.29, 1.82) is 0 Å². The molecular formula is C13H27ClO4. The first kappa shape index (κ1) is 18.1. The fraction of sp³-hybridized carbons (Fsp3) is 1.00. The molecule has 0 bridgehead atoms. The van der Waals surface area contributed by atoms with Crippen LogP contribution in [0.5, 0.6) is 0 Å². The molecule has 0 aliphatic carbocycles. The molecule has 0 heterocycles. The van der Waals surface area contributed by atoms with Gasteiger partial charge in [-0.2, -0.15) is 0 Å². The Hall–Kier alpha value is 0.130. The molecule has 0 rings (SSSR count). The monoisotopic (exact) mass is 282 g/mol.